The molecule has 0 bridgehead atoms. The van der Waals surface area contributed by atoms with Gasteiger partial charge in [-0.05, 0) is 18.4 Å². The van der Waals surface area contributed by atoms with Gasteiger partial charge in [0.2, 0.25) is 0 Å². The van der Waals surface area contributed by atoms with Crippen LogP contribution in [0.25, 0.3) is 11.0 Å². The van der Waals surface area contributed by atoms with Crippen LogP contribution in [0.5, 0.6) is 0 Å². The van der Waals surface area contributed by atoms with E-state index >= 15 is 0 Å². The predicted molar refractivity (Wildman–Crippen MR) is 86.9 cm³/mol. The molecule has 0 atom stereocenters. The molecule has 1 saturated heterocycles. The van der Waals surface area contributed by atoms with Crippen LogP contribution in [-0.2, 0) is 17.3 Å². The number of rotatable bonds is 5. The number of anilines is 1. The van der Waals surface area contributed by atoms with Gasteiger partial charge in [-0.1, -0.05) is 0 Å². The van der Waals surface area contributed by atoms with Gasteiger partial charge in [-0.3, -0.25) is 4.98 Å². The van der Waals surface area contributed by atoms with Gasteiger partial charge in [-0.15, -0.1) is 0 Å². The lowest BCUT2D eigenvalue weighted by molar-refractivity contribution is 0.384. The van der Waals surface area contributed by atoms with Gasteiger partial charge in [-0.25, -0.2) is 9.86 Å². The van der Waals surface area contributed by atoms with Crippen molar-refractivity contribution in [3.8, 4) is 6.07 Å². The number of nitrogens with two attached hydrogens (primary N) is 1. The Morgan fingerprint density at radius 3 is 2.91 bits per heavy atom. The molecular formula is C14H18N6O2S. The van der Waals surface area contributed by atoms with Gasteiger partial charge < -0.3 is 9.47 Å². The normalized spacial score (nSPS) is 15.6. The fraction of sp³-hybridized carbons (Fsp3) is 0.429. The van der Waals surface area contributed by atoms with E-state index in [1.54, 1.807) is 6.20 Å². The number of aryl methyl sites for hydroxylation is 1. The van der Waals surface area contributed by atoms with E-state index in [9.17, 15) is 13.7 Å². The zero-order valence-electron chi connectivity index (χ0n) is 12.7. The van der Waals surface area contributed by atoms with Gasteiger partial charge in [0.05, 0.1) is 22.3 Å². The monoisotopic (exact) mass is 334 g/mol. The molecule has 3 rings (SSSR count). The summed E-state index contributed by atoms with van der Waals surface area (Å²) in [7, 11) is -1.69. The molecule has 1 fully saturated rings. The van der Waals surface area contributed by atoms with Crippen molar-refractivity contribution in [1.29, 1.82) is 5.26 Å². The van der Waals surface area contributed by atoms with Crippen molar-refractivity contribution >= 4 is 26.9 Å². The molecule has 122 valence electrons. The van der Waals surface area contributed by atoms with Gasteiger partial charge in [0.1, 0.15) is 6.07 Å². The van der Waals surface area contributed by atoms with Crippen molar-refractivity contribution in [2.24, 2.45) is 18.1 Å². The lowest BCUT2D eigenvalue weighted by Crippen LogP contribution is -2.48. The molecule has 9 heteroatoms. The minimum Gasteiger partial charge on any atom is -0.368 e. The Morgan fingerprint density at radius 2 is 2.26 bits per heavy atom. The topological polar surface area (TPSA) is 117 Å². The summed E-state index contributed by atoms with van der Waals surface area (Å²) in [5.41, 5.74) is 3.27. The largest absolute Gasteiger partial charge is 0.368 e. The summed E-state index contributed by atoms with van der Waals surface area (Å²) in [6, 6.07) is 4.13. The fourth-order valence-corrected chi connectivity index (χ4v) is 3.38. The highest BCUT2D eigenvalue weighted by molar-refractivity contribution is 7.87. The standard InChI is InChI=1S/C14H18N6O2S/c1-19-5-3-12-14(19)13(11(6-15)7-17-12)20-8-10(9-20)2-4-18-23(16,21)22/h3,5,7,10,18H,2,4,8-9H2,1H3,(H2,16,21,22). The highest BCUT2D eigenvalue weighted by Gasteiger charge is 2.30. The molecule has 0 aromatic carbocycles. The zero-order valence-corrected chi connectivity index (χ0v) is 13.5. The van der Waals surface area contributed by atoms with Crippen LogP contribution < -0.4 is 14.8 Å². The average Bonchev–Trinajstić information content (AvgIpc) is 2.81. The van der Waals surface area contributed by atoms with Crippen LogP contribution in [0.2, 0.25) is 0 Å². The molecule has 0 radical (unpaired) electrons. The lowest BCUT2D eigenvalue weighted by atomic mass is 9.95. The Hall–Kier alpha value is -2.15. The number of hydrogen-bond acceptors (Lipinski definition) is 5. The number of fused-ring (bicyclic) bond motifs is 1. The van der Waals surface area contributed by atoms with Gasteiger partial charge in [0.25, 0.3) is 10.2 Å². The molecule has 2 aromatic rings. The number of hydrogen-bond donors (Lipinski definition) is 2. The second-order valence-electron chi connectivity index (χ2n) is 5.79. The molecule has 0 amide bonds. The van der Waals surface area contributed by atoms with Crippen LogP contribution in [0, 0.1) is 17.2 Å². The van der Waals surface area contributed by atoms with Crippen molar-refractivity contribution in [2.75, 3.05) is 24.5 Å². The van der Waals surface area contributed by atoms with Crippen LogP contribution in [0.4, 0.5) is 5.69 Å². The molecule has 23 heavy (non-hydrogen) atoms. The van der Waals surface area contributed by atoms with Gasteiger partial charge in [0, 0.05) is 39.1 Å². The smallest absolute Gasteiger partial charge is 0.274 e. The van der Waals surface area contributed by atoms with Crippen LogP contribution in [-0.4, -0.2) is 37.6 Å². The SMILES string of the molecule is Cn1ccc2ncc(C#N)c(N3CC(CCNS(N)(=O)=O)C3)c21. The summed E-state index contributed by atoms with van der Waals surface area (Å²) in [6.45, 7) is 1.90. The molecule has 0 saturated carbocycles. The molecule has 2 aromatic heterocycles. The summed E-state index contributed by atoms with van der Waals surface area (Å²) in [6.07, 6.45) is 4.25. The number of pyridine rings is 1. The first kappa shape index (κ1) is 15.7. The minimum absolute atomic E-state index is 0.332. The van der Waals surface area contributed by atoms with Crippen LogP contribution in [0.1, 0.15) is 12.0 Å². The second kappa shape index (κ2) is 5.81. The van der Waals surface area contributed by atoms with Gasteiger partial charge in [-0.2, -0.15) is 13.7 Å². The van der Waals surface area contributed by atoms with E-state index in [2.05, 4.69) is 20.7 Å². The summed E-state index contributed by atoms with van der Waals surface area (Å²) < 4.78 is 26.0. The Balaban J connectivity index is 1.74. The van der Waals surface area contributed by atoms with Crippen LogP contribution in [0.15, 0.2) is 18.5 Å². The Bertz CT molecular complexity index is 877. The first-order valence-electron chi connectivity index (χ1n) is 7.25. The Kier molecular flexibility index (Phi) is 3.97. The van der Waals surface area contributed by atoms with E-state index in [0.29, 0.717) is 18.0 Å². The van der Waals surface area contributed by atoms with Gasteiger partial charge in [0.15, 0.2) is 0 Å². The predicted octanol–water partition coefficient (Wildman–Crippen LogP) is 0.0644. The van der Waals surface area contributed by atoms with Crippen molar-refractivity contribution < 1.29 is 8.42 Å². The molecule has 0 unspecified atom stereocenters. The van der Waals surface area contributed by atoms with E-state index in [4.69, 9.17) is 5.14 Å². The maximum Gasteiger partial charge on any atom is 0.274 e. The Morgan fingerprint density at radius 1 is 1.52 bits per heavy atom. The summed E-state index contributed by atoms with van der Waals surface area (Å²) in [5.74, 6) is 0.374. The maximum absolute atomic E-state index is 10.9. The van der Waals surface area contributed by atoms with E-state index in [1.807, 2.05) is 23.9 Å². The first-order valence-corrected chi connectivity index (χ1v) is 8.80. The minimum atomic E-state index is -3.63. The lowest BCUT2D eigenvalue weighted by Gasteiger charge is -2.41. The molecule has 0 aliphatic carbocycles. The highest BCUT2D eigenvalue weighted by atomic mass is 32.2. The number of aromatic nitrogens is 2. The van der Waals surface area contributed by atoms with Crippen LogP contribution in [0.3, 0.4) is 0 Å². The summed E-state index contributed by atoms with van der Waals surface area (Å²) in [5, 5.41) is 14.3. The highest BCUT2D eigenvalue weighted by Crippen LogP contribution is 2.34. The van der Waals surface area contributed by atoms with Crippen LogP contribution >= 0.6 is 0 Å². The zero-order chi connectivity index (χ0) is 16.6. The van der Waals surface area contributed by atoms with Gasteiger partial charge >= 0.3 is 0 Å². The average molecular weight is 334 g/mol. The molecule has 1 aliphatic heterocycles. The Labute approximate surface area is 134 Å². The van der Waals surface area contributed by atoms with E-state index in [0.717, 1.165) is 36.2 Å². The van der Waals surface area contributed by atoms with E-state index in [1.165, 1.54) is 0 Å². The third-order valence-corrected chi connectivity index (χ3v) is 4.72. The van der Waals surface area contributed by atoms with Crippen molar-refractivity contribution in [3.05, 3.63) is 24.0 Å². The summed E-state index contributed by atoms with van der Waals surface area (Å²) >= 11 is 0. The number of nitrogens with one attached hydrogen (secondary N) is 1. The van der Waals surface area contributed by atoms with E-state index < -0.39 is 10.2 Å². The fourth-order valence-electron chi connectivity index (χ4n) is 2.97. The van der Waals surface area contributed by atoms with E-state index in [-0.39, 0.29) is 0 Å². The maximum atomic E-state index is 10.9. The third kappa shape index (κ3) is 3.14. The molecule has 3 heterocycles. The quantitative estimate of drug-likeness (QED) is 0.802. The third-order valence-electron chi connectivity index (χ3n) is 4.11. The first-order chi connectivity index (χ1) is 10.9. The second-order valence-corrected chi connectivity index (χ2v) is 7.17. The van der Waals surface area contributed by atoms with Crippen molar-refractivity contribution in [3.63, 3.8) is 0 Å². The summed E-state index contributed by atoms with van der Waals surface area (Å²) in [4.78, 5) is 6.45. The number of nitrogens with zero attached hydrogens (tertiary/aromatic N) is 4. The molecule has 8 nitrogen and oxygen atoms in total. The molecule has 1 aliphatic rings. The number of nitriles is 1. The van der Waals surface area contributed by atoms with Crippen molar-refractivity contribution in [1.82, 2.24) is 14.3 Å². The van der Waals surface area contributed by atoms with Crippen molar-refractivity contribution in [2.45, 2.75) is 6.42 Å². The molecular weight excluding hydrogens is 316 g/mol. The molecule has 3 N–H and O–H groups in total. The molecule has 0 spiro atoms.